The zero-order valence-corrected chi connectivity index (χ0v) is 12.5. The number of anilines is 1. The van der Waals surface area contributed by atoms with Crippen molar-refractivity contribution in [2.45, 2.75) is 24.8 Å². The molecule has 22 heavy (non-hydrogen) atoms. The molecule has 0 amide bonds. The Morgan fingerprint density at radius 3 is 2.68 bits per heavy atom. The van der Waals surface area contributed by atoms with Gasteiger partial charge in [-0.1, -0.05) is 24.3 Å². The second kappa shape index (κ2) is 5.72. The van der Waals surface area contributed by atoms with Gasteiger partial charge in [-0.05, 0) is 48.2 Å². The maximum Gasteiger partial charge on any atom is 0.314 e. The van der Waals surface area contributed by atoms with Crippen LogP contribution in [0.15, 0.2) is 48.5 Å². The number of nitrogens with one attached hydrogen (secondary N) is 1. The van der Waals surface area contributed by atoms with Gasteiger partial charge in [0.1, 0.15) is 5.75 Å². The first kappa shape index (κ1) is 14.4. The molecular weight excluding hydrogens is 278 g/mol. The van der Waals surface area contributed by atoms with E-state index >= 15 is 0 Å². The molecule has 0 spiro atoms. The van der Waals surface area contributed by atoms with Crippen LogP contribution >= 0.6 is 0 Å². The summed E-state index contributed by atoms with van der Waals surface area (Å²) in [5.41, 5.74) is 2.28. The van der Waals surface area contributed by atoms with E-state index in [-0.39, 0.29) is 0 Å². The van der Waals surface area contributed by atoms with Gasteiger partial charge in [0.25, 0.3) is 0 Å². The highest BCUT2D eigenvalue weighted by atomic mass is 16.5. The molecule has 2 aromatic carbocycles. The van der Waals surface area contributed by atoms with Gasteiger partial charge in [-0.3, -0.25) is 4.79 Å². The van der Waals surface area contributed by atoms with Crippen molar-refractivity contribution in [3.8, 4) is 5.75 Å². The van der Waals surface area contributed by atoms with E-state index in [2.05, 4.69) is 5.32 Å². The van der Waals surface area contributed by atoms with Crippen LogP contribution in [0.5, 0.6) is 5.75 Å². The molecule has 1 aliphatic carbocycles. The topological polar surface area (TPSA) is 58.6 Å². The number of hydrogen-bond donors (Lipinski definition) is 2. The SMILES string of the molecule is COc1cccc(CNc2cccc(C3(C(=O)O)CC3)c2)c1. The van der Waals surface area contributed by atoms with E-state index in [1.165, 1.54) is 0 Å². The Labute approximate surface area is 129 Å². The molecule has 0 heterocycles. The minimum absolute atomic E-state index is 0.659. The minimum Gasteiger partial charge on any atom is -0.497 e. The summed E-state index contributed by atoms with van der Waals surface area (Å²) in [4.78, 5) is 11.4. The number of rotatable bonds is 6. The lowest BCUT2D eigenvalue weighted by Crippen LogP contribution is -2.19. The number of benzene rings is 2. The van der Waals surface area contributed by atoms with E-state index in [1.807, 2.05) is 48.5 Å². The number of carboxylic acid groups (broad SMARTS) is 1. The van der Waals surface area contributed by atoms with Crippen LogP contribution in [0.2, 0.25) is 0 Å². The van der Waals surface area contributed by atoms with Gasteiger partial charge in [-0.25, -0.2) is 0 Å². The van der Waals surface area contributed by atoms with E-state index in [4.69, 9.17) is 4.74 Å². The van der Waals surface area contributed by atoms with Crippen LogP contribution < -0.4 is 10.1 Å². The number of carboxylic acids is 1. The Kier molecular flexibility index (Phi) is 3.75. The number of ether oxygens (including phenoxy) is 1. The zero-order valence-electron chi connectivity index (χ0n) is 12.5. The van der Waals surface area contributed by atoms with Gasteiger partial charge in [-0.15, -0.1) is 0 Å². The summed E-state index contributed by atoms with van der Waals surface area (Å²) in [6.45, 7) is 0.667. The normalized spacial score (nSPS) is 15.1. The zero-order chi connectivity index (χ0) is 15.6. The highest BCUT2D eigenvalue weighted by Crippen LogP contribution is 2.48. The van der Waals surface area contributed by atoms with E-state index < -0.39 is 11.4 Å². The highest BCUT2D eigenvalue weighted by molar-refractivity contribution is 5.85. The van der Waals surface area contributed by atoms with Gasteiger partial charge < -0.3 is 15.2 Å². The van der Waals surface area contributed by atoms with E-state index in [0.29, 0.717) is 6.54 Å². The molecule has 0 aliphatic heterocycles. The second-order valence-corrected chi connectivity index (χ2v) is 5.67. The first-order valence-corrected chi connectivity index (χ1v) is 7.35. The number of aliphatic carboxylic acids is 1. The van der Waals surface area contributed by atoms with Gasteiger partial charge in [0.2, 0.25) is 0 Å². The molecule has 3 rings (SSSR count). The molecule has 0 bridgehead atoms. The van der Waals surface area contributed by atoms with Crippen molar-refractivity contribution < 1.29 is 14.6 Å². The molecule has 1 aliphatic rings. The molecule has 2 N–H and O–H groups in total. The summed E-state index contributed by atoms with van der Waals surface area (Å²) in [6.07, 6.45) is 1.45. The molecule has 0 saturated heterocycles. The molecule has 4 heteroatoms. The predicted octanol–water partition coefficient (Wildman–Crippen LogP) is 3.42. The van der Waals surface area contributed by atoms with Gasteiger partial charge in [0, 0.05) is 12.2 Å². The van der Waals surface area contributed by atoms with Gasteiger partial charge >= 0.3 is 5.97 Å². The highest BCUT2D eigenvalue weighted by Gasteiger charge is 2.51. The third-order valence-electron chi connectivity index (χ3n) is 4.21. The van der Waals surface area contributed by atoms with Crippen molar-refractivity contribution in [1.29, 1.82) is 0 Å². The summed E-state index contributed by atoms with van der Waals surface area (Å²) < 4.78 is 5.21. The number of methoxy groups -OCH3 is 1. The molecule has 0 radical (unpaired) electrons. The third kappa shape index (κ3) is 2.77. The second-order valence-electron chi connectivity index (χ2n) is 5.67. The lowest BCUT2D eigenvalue weighted by molar-refractivity contribution is -0.140. The molecule has 4 nitrogen and oxygen atoms in total. The summed E-state index contributed by atoms with van der Waals surface area (Å²) in [7, 11) is 1.65. The van der Waals surface area contributed by atoms with Crippen molar-refractivity contribution in [2.75, 3.05) is 12.4 Å². The summed E-state index contributed by atoms with van der Waals surface area (Å²) in [5, 5.41) is 12.7. The van der Waals surface area contributed by atoms with Crippen LogP contribution in [0.1, 0.15) is 24.0 Å². The van der Waals surface area contributed by atoms with Gasteiger partial charge in [0.05, 0.1) is 12.5 Å². The van der Waals surface area contributed by atoms with Crippen LogP contribution in [-0.2, 0) is 16.8 Å². The lowest BCUT2D eigenvalue weighted by Gasteiger charge is -2.13. The van der Waals surface area contributed by atoms with E-state index in [1.54, 1.807) is 7.11 Å². The number of carbonyl (C=O) groups is 1. The first-order valence-electron chi connectivity index (χ1n) is 7.35. The van der Waals surface area contributed by atoms with Crippen LogP contribution in [0.4, 0.5) is 5.69 Å². The van der Waals surface area contributed by atoms with Crippen LogP contribution in [-0.4, -0.2) is 18.2 Å². The maximum atomic E-state index is 11.4. The largest absolute Gasteiger partial charge is 0.497 e. The van der Waals surface area contributed by atoms with Gasteiger partial charge in [0.15, 0.2) is 0 Å². The van der Waals surface area contributed by atoms with Crippen molar-refractivity contribution in [3.05, 3.63) is 59.7 Å². The number of hydrogen-bond acceptors (Lipinski definition) is 3. The van der Waals surface area contributed by atoms with Gasteiger partial charge in [-0.2, -0.15) is 0 Å². The van der Waals surface area contributed by atoms with Crippen LogP contribution in [0.3, 0.4) is 0 Å². The Morgan fingerprint density at radius 2 is 2.00 bits per heavy atom. The average molecular weight is 297 g/mol. The first-order chi connectivity index (χ1) is 10.6. The van der Waals surface area contributed by atoms with Crippen molar-refractivity contribution in [3.63, 3.8) is 0 Å². The Hall–Kier alpha value is -2.49. The lowest BCUT2D eigenvalue weighted by atomic mass is 9.96. The summed E-state index contributed by atoms with van der Waals surface area (Å²) in [5.74, 6) is 0.105. The molecule has 1 saturated carbocycles. The van der Waals surface area contributed by atoms with Crippen LogP contribution in [0.25, 0.3) is 0 Å². The van der Waals surface area contributed by atoms with Crippen molar-refractivity contribution >= 4 is 11.7 Å². The Balaban J connectivity index is 1.72. The summed E-state index contributed by atoms with van der Waals surface area (Å²) >= 11 is 0. The van der Waals surface area contributed by atoms with E-state index in [9.17, 15) is 9.90 Å². The Morgan fingerprint density at radius 1 is 1.23 bits per heavy atom. The predicted molar refractivity (Wildman–Crippen MR) is 85.3 cm³/mol. The maximum absolute atomic E-state index is 11.4. The summed E-state index contributed by atoms with van der Waals surface area (Å²) in [6, 6.07) is 15.6. The smallest absolute Gasteiger partial charge is 0.314 e. The monoisotopic (exact) mass is 297 g/mol. The fourth-order valence-electron chi connectivity index (χ4n) is 2.66. The fraction of sp³-hybridized carbons (Fsp3) is 0.278. The quantitative estimate of drug-likeness (QED) is 0.857. The third-order valence-corrected chi connectivity index (χ3v) is 4.21. The molecular formula is C18H19NO3. The molecule has 0 unspecified atom stereocenters. The molecule has 2 aromatic rings. The molecule has 1 fully saturated rings. The molecule has 0 atom stereocenters. The standard InChI is InChI=1S/C18H19NO3/c1-22-16-7-2-4-13(10-16)12-19-15-6-3-5-14(11-15)18(8-9-18)17(20)21/h2-7,10-11,19H,8-9,12H2,1H3,(H,20,21). The van der Waals surface area contributed by atoms with Crippen LogP contribution in [0, 0.1) is 0 Å². The molecule has 0 aromatic heterocycles. The Bertz CT molecular complexity index is 692. The fourth-order valence-corrected chi connectivity index (χ4v) is 2.66. The van der Waals surface area contributed by atoms with Crippen molar-refractivity contribution in [2.24, 2.45) is 0 Å². The van der Waals surface area contributed by atoms with Crippen molar-refractivity contribution in [1.82, 2.24) is 0 Å². The molecule has 114 valence electrons. The minimum atomic E-state index is -0.725. The van der Waals surface area contributed by atoms with E-state index in [0.717, 1.165) is 35.4 Å². The average Bonchev–Trinajstić information content (AvgIpc) is 3.35.